The lowest BCUT2D eigenvalue weighted by atomic mass is 9.80. The maximum Gasteiger partial charge on any atom is 0.410 e. The van der Waals surface area contributed by atoms with Gasteiger partial charge in [-0.05, 0) is 77.5 Å². The van der Waals surface area contributed by atoms with Gasteiger partial charge in [0.1, 0.15) is 17.0 Å². The smallest absolute Gasteiger partial charge is 0.410 e. The van der Waals surface area contributed by atoms with Crippen LogP contribution < -0.4 is 10.9 Å². The van der Waals surface area contributed by atoms with Crippen LogP contribution in [0.15, 0.2) is 23.0 Å². The minimum Gasteiger partial charge on any atom is -0.444 e. The molecule has 0 aliphatic carbocycles. The molecule has 2 amide bonds. The van der Waals surface area contributed by atoms with E-state index in [-0.39, 0.29) is 36.6 Å². The number of aromatic nitrogens is 1. The Morgan fingerprint density at radius 3 is 2.52 bits per heavy atom. The predicted octanol–water partition coefficient (Wildman–Crippen LogP) is 4.10. The Balaban J connectivity index is 1.44. The van der Waals surface area contributed by atoms with Crippen molar-refractivity contribution in [3.05, 3.63) is 57.0 Å². The normalized spacial score (nSPS) is 20.1. The molecule has 1 aromatic heterocycles. The summed E-state index contributed by atoms with van der Waals surface area (Å²) in [5.41, 5.74) is -2.34. The number of aryl methyl sites for hydroxylation is 1. The van der Waals surface area contributed by atoms with E-state index in [0.29, 0.717) is 37.1 Å². The summed E-state index contributed by atoms with van der Waals surface area (Å²) in [7, 11) is 0. The molecule has 3 aliphatic heterocycles. The van der Waals surface area contributed by atoms with Gasteiger partial charge in [0.05, 0.1) is 36.1 Å². The third-order valence-corrected chi connectivity index (χ3v) is 7.88. The molecule has 0 spiro atoms. The van der Waals surface area contributed by atoms with E-state index in [9.17, 15) is 23.9 Å². The summed E-state index contributed by atoms with van der Waals surface area (Å²) in [5.74, 6) is -2.37. The van der Waals surface area contributed by atoms with E-state index in [4.69, 9.17) is 4.74 Å². The number of fused-ring (bicyclic) bond motifs is 1. The van der Waals surface area contributed by atoms with Gasteiger partial charge in [0.25, 0.3) is 11.5 Å². The van der Waals surface area contributed by atoms with Crippen LogP contribution in [0.25, 0.3) is 0 Å². The number of carbonyl (C=O) groups is 2. The number of pyridine rings is 1. The number of aliphatic hydroxyl groups is 1. The molecular formula is C29H36F2N4O5. The fraction of sp³-hybridized carbons (Fsp3) is 0.552. The van der Waals surface area contributed by atoms with Gasteiger partial charge in [-0.25, -0.2) is 9.18 Å². The Hall–Kier alpha value is -3.47. The second kappa shape index (κ2) is 10.2. The van der Waals surface area contributed by atoms with Gasteiger partial charge in [-0.3, -0.25) is 9.59 Å². The maximum atomic E-state index is 15.5. The lowest BCUT2D eigenvalue weighted by Gasteiger charge is -2.54. The van der Waals surface area contributed by atoms with Gasteiger partial charge in [0.15, 0.2) is 0 Å². The van der Waals surface area contributed by atoms with Crippen LogP contribution in [0.3, 0.4) is 0 Å². The molecule has 2 saturated heterocycles. The zero-order valence-electron chi connectivity index (χ0n) is 23.4. The van der Waals surface area contributed by atoms with Crippen molar-refractivity contribution in [3.8, 4) is 0 Å². The molecule has 1 unspecified atom stereocenters. The molecule has 0 bridgehead atoms. The fourth-order valence-electron chi connectivity index (χ4n) is 6.00. The minimum atomic E-state index is -1.36. The van der Waals surface area contributed by atoms with Crippen LogP contribution in [0, 0.1) is 18.6 Å². The predicted molar refractivity (Wildman–Crippen MR) is 145 cm³/mol. The zero-order chi connectivity index (χ0) is 29.0. The molecule has 5 rings (SSSR count). The third kappa shape index (κ3) is 5.07. The maximum absolute atomic E-state index is 15.5. The molecule has 40 heavy (non-hydrogen) atoms. The Morgan fingerprint density at radius 2 is 1.85 bits per heavy atom. The Labute approximate surface area is 231 Å². The van der Waals surface area contributed by atoms with E-state index in [0.717, 1.165) is 12.8 Å². The third-order valence-electron chi connectivity index (χ3n) is 7.88. The average molecular weight is 559 g/mol. The molecule has 2 N–H and O–H groups in total. The van der Waals surface area contributed by atoms with Gasteiger partial charge in [-0.1, -0.05) is 6.07 Å². The number of nitrogens with zero attached hydrogens (tertiary/aromatic N) is 3. The Kier molecular flexibility index (Phi) is 7.14. The number of rotatable bonds is 4. The average Bonchev–Trinajstić information content (AvgIpc) is 3.35. The van der Waals surface area contributed by atoms with Gasteiger partial charge in [0.2, 0.25) is 5.82 Å². The molecule has 0 radical (unpaired) electrons. The van der Waals surface area contributed by atoms with Gasteiger partial charge in [0, 0.05) is 18.8 Å². The van der Waals surface area contributed by atoms with Crippen molar-refractivity contribution in [2.75, 3.05) is 25.0 Å². The molecule has 0 saturated carbocycles. The number of hydrogen-bond donors (Lipinski definition) is 2. The number of nitrogens with one attached hydrogen (secondary N) is 1. The summed E-state index contributed by atoms with van der Waals surface area (Å²) < 4.78 is 37.0. The molecule has 1 atom stereocenters. The van der Waals surface area contributed by atoms with Gasteiger partial charge >= 0.3 is 6.09 Å². The van der Waals surface area contributed by atoms with Crippen molar-refractivity contribution in [2.24, 2.45) is 0 Å². The first-order valence-electron chi connectivity index (χ1n) is 13.8. The minimum absolute atomic E-state index is 0.0377. The number of hydrogen-bond acceptors (Lipinski definition) is 6. The van der Waals surface area contributed by atoms with E-state index in [1.165, 1.54) is 21.6 Å². The molecule has 2 fully saturated rings. The highest BCUT2D eigenvalue weighted by Gasteiger charge is 2.54. The van der Waals surface area contributed by atoms with Crippen LogP contribution >= 0.6 is 0 Å². The van der Waals surface area contributed by atoms with Crippen molar-refractivity contribution < 1.29 is 28.2 Å². The van der Waals surface area contributed by atoms with Crippen LogP contribution in [-0.2, 0) is 17.7 Å². The number of ether oxygens (including phenoxy) is 1. The van der Waals surface area contributed by atoms with Crippen molar-refractivity contribution in [3.63, 3.8) is 0 Å². The molecule has 1 aromatic carbocycles. The second-order valence-corrected chi connectivity index (χ2v) is 12.1. The summed E-state index contributed by atoms with van der Waals surface area (Å²) >= 11 is 0. The number of anilines is 2. The van der Waals surface area contributed by atoms with Crippen LogP contribution in [0.1, 0.15) is 68.1 Å². The van der Waals surface area contributed by atoms with E-state index in [1.807, 2.05) is 0 Å². The molecule has 11 heteroatoms. The first kappa shape index (κ1) is 28.1. The lowest BCUT2D eigenvalue weighted by Crippen LogP contribution is -2.73. The second-order valence-electron chi connectivity index (χ2n) is 12.1. The Morgan fingerprint density at radius 1 is 1.12 bits per heavy atom. The molecule has 4 heterocycles. The standard InChI is InChI=1S/C29H36F2N4O5/c1-17-10-11-19(18(30)14-17)32-24-22(20-8-7-13-34(20)26(37)23(24)31)25(36)33-15-29(39,16-33)21-9-5-6-12-35(21)27(38)40-28(2,3)4/h10-11,14,21,32,39H,5-9,12-13,15-16H2,1-4H3. The number of β-amino-alcohol motifs (C(OH)–C–C–N with tert-alkyl or cyclic N) is 1. The lowest BCUT2D eigenvalue weighted by molar-refractivity contribution is -0.137. The van der Waals surface area contributed by atoms with Crippen LogP contribution in [0.4, 0.5) is 25.0 Å². The first-order chi connectivity index (χ1) is 18.8. The summed E-state index contributed by atoms with van der Waals surface area (Å²) in [6.07, 6.45) is 2.59. The summed E-state index contributed by atoms with van der Waals surface area (Å²) in [6, 6.07) is 3.80. The van der Waals surface area contributed by atoms with Gasteiger partial charge in [-0.15, -0.1) is 0 Å². The molecule has 3 aliphatic rings. The number of carbonyl (C=O) groups excluding carboxylic acids is 2. The quantitative estimate of drug-likeness (QED) is 0.586. The van der Waals surface area contributed by atoms with Gasteiger partial charge in [-0.2, -0.15) is 4.39 Å². The number of likely N-dealkylation sites (tertiary alicyclic amines) is 2. The van der Waals surface area contributed by atoms with Crippen molar-refractivity contribution in [1.29, 1.82) is 0 Å². The first-order valence-corrected chi connectivity index (χ1v) is 13.8. The molecule has 9 nitrogen and oxygen atoms in total. The SMILES string of the molecule is Cc1ccc(Nc2c(C(=O)N3CC(O)(C4CCCCN4C(=O)OC(C)(C)C)C3)c3n(c(=O)c2F)CCC3)c(F)c1. The highest BCUT2D eigenvalue weighted by atomic mass is 19.1. The largest absolute Gasteiger partial charge is 0.444 e. The zero-order valence-corrected chi connectivity index (χ0v) is 23.4. The molecule has 216 valence electrons. The summed E-state index contributed by atoms with van der Waals surface area (Å²) in [4.78, 5) is 42.5. The van der Waals surface area contributed by atoms with Crippen molar-refractivity contribution in [1.82, 2.24) is 14.4 Å². The number of amides is 2. The monoisotopic (exact) mass is 558 g/mol. The van der Waals surface area contributed by atoms with Crippen LogP contribution in [0.5, 0.6) is 0 Å². The number of benzene rings is 1. The summed E-state index contributed by atoms with van der Waals surface area (Å²) in [6.45, 7) is 7.61. The van der Waals surface area contributed by atoms with Crippen molar-refractivity contribution >= 4 is 23.4 Å². The topological polar surface area (TPSA) is 104 Å². The highest BCUT2D eigenvalue weighted by Crippen LogP contribution is 2.38. The van der Waals surface area contributed by atoms with E-state index >= 15 is 4.39 Å². The summed E-state index contributed by atoms with van der Waals surface area (Å²) in [5, 5.41) is 14.2. The van der Waals surface area contributed by atoms with Crippen molar-refractivity contribution in [2.45, 2.75) is 83.6 Å². The highest BCUT2D eigenvalue weighted by molar-refractivity contribution is 6.02. The van der Waals surface area contributed by atoms with E-state index < -0.39 is 46.4 Å². The van der Waals surface area contributed by atoms with E-state index in [2.05, 4.69) is 5.32 Å². The number of piperidine rings is 1. The van der Waals surface area contributed by atoms with Gasteiger partial charge < -0.3 is 29.5 Å². The number of halogens is 2. The van der Waals surface area contributed by atoms with Crippen LogP contribution in [-0.4, -0.2) is 68.4 Å². The molecular weight excluding hydrogens is 522 g/mol. The van der Waals surface area contributed by atoms with Crippen LogP contribution in [0.2, 0.25) is 0 Å². The van der Waals surface area contributed by atoms with E-state index in [1.54, 1.807) is 38.7 Å². The molecule has 2 aromatic rings. The fourth-order valence-corrected chi connectivity index (χ4v) is 6.00. The Bertz CT molecular complexity index is 1410.